The van der Waals surface area contributed by atoms with Gasteiger partial charge in [-0.2, -0.15) is 0 Å². The number of halogens is 1. The molecule has 2 atom stereocenters. The van der Waals surface area contributed by atoms with Crippen molar-refractivity contribution in [1.82, 2.24) is 0 Å². The highest BCUT2D eigenvalue weighted by Gasteiger charge is 2.24. The summed E-state index contributed by atoms with van der Waals surface area (Å²) in [5.41, 5.74) is 0.960. The van der Waals surface area contributed by atoms with Crippen molar-refractivity contribution in [3.05, 3.63) is 38.3 Å². The molecule has 1 fully saturated rings. The van der Waals surface area contributed by atoms with Crippen LogP contribution in [0.3, 0.4) is 0 Å². The second kappa shape index (κ2) is 7.18. The zero-order valence-corrected chi connectivity index (χ0v) is 13.3. The van der Waals surface area contributed by atoms with Crippen LogP contribution in [0.2, 0.25) is 0 Å². The normalized spacial score (nSPS) is 22.7. The number of rotatable bonds is 5. The molecule has 110 valence electrons. The number of ether oxygens (including phenoxy) is 1. The van der Waals surface area contributed by atoms with Gasteiger partial charge in [0.1, 0.15) is 0 Å². The van der Waals surface area contributed by atoms with E-state index >= 15 is 0 Å². The van der Waals surface area contributed by atoms with Crippen molar-refractivity contribution in [2.45, 2.75) is 51.7 Å². The van der Waals surface area contributed by atoms with Crippen LogP contribution in [0.15, 0.2) is 22.7 Å². The van der Waals surface area contributed by atoms with Gasteiger partial charge in [0.15, 0.2) is 0 Å². The first kappa shape index (κ1) is 15.4. The largest absolute Gasteiger partial charge is 0.373 e. The predicted octanol–water partition coefficient (Wildman–Crippen LogP) is 4.84. The maximum atomic E-state index is 10.9. The molecule has 1 aromatic carbocycles. The van der Waals surface area contributed by atoms with E-state index in [1.807, 2.05) is 6.07 Å². The molecule has 0 saturated heterocycles. The van der Waals surface area contributed by atoms with E-state index in [4.69, 9.17) is 4.74 Å². The Morgan fingerprint density at radius 2 is 2.15 bits per heavy atom. The fourth-order valence-corrected chi connectivity index (χ4v) is 3.24. The SMILES string of the molecule is CCC1CCCCC1OCc1ccc(Br)c([N+](=O)[O-])c1. The van der Waals surface area contributed by atoms with Crippen molar-refractivity contribution in [2.75, 3.05) is 0 Å². The standard InChI is InChI=1S/C15H20BrNO3/c1-2-12-5-3-4-6-15(12)20-10-11-7-8-13(16)14(9-11)17(18)19/h7-9,12,15H,2-6,10H2,1H3. The van der Waals surface area contributed by atoms with Crippen LogP contribution in [0.25, 0.3) is 0 Å². The summed E-state index contributed by atoms with van der Waals surface area (Å²) in [6.07, 6.45) is 6.31. The Hall–Kier alpha value is -0.940. The lowest BCUT2D eigenvalue weighted by Gasteiger charge is -2.30. The average molecular weight is 342 g/mol. The van der Waals surface area contributed by atoms with Crippen molar-refractivity contribution >= 4 is 21.6 Å². The first-order valence-electron chi connectivity index (χ1n) is 7.16. The van der Waals surface area contributed by atoms with E-state index in [9.17, 15) is 10.1 Å². The van der Waals surface area contributed by atoms with Crippen molar-refractivity contribution in [2.24, 2.45) is 5.92 Å². The van der Waals surface area contributed by atoms with Crippen LogP contribution in [-0.4, -0.2) is 11.0 Å². The summed E-state index contributed by atoms with van der Waals surface area (Å²) in [6, 6.07) is 5.18. The highest BCUT2D eigenvalue weighted by atomic mass is 79.9. The van der Waals surface area contributed by atoms with Gasteiger partial charge in [0, 0.05) is 6.07 Å². The molecule has 0 bridgehead atoms. The fourth-order valence-electron chi connectivity index (χ4n) is 2.85. The van der Waals surface area contributed by atoms with Gasteiger partial charge >= 0.3 is 0 Å². The maximum absolute atomic E-state index is 10.9. The Kier molecular flexibility index (Phi) is 5.54. The fraction of sp³-hybridized carbons (Fsp3) is 0.600. The number of nitro groups is 1. The molecule has 0 spiro atoms. The lowest BCUT2D eigenvalue weighted by Crippen LogP contribution is -2.27. The Bertz CT molecular complexity index is 478. The van der Waals surface area contributed by atoms with Crippen molar-refractivity contribution in [3.8, 4) is 0 Å². The molecular formula is C15H20BrNO3. The molecule has 2 rings (SSSR count). The van der Waals surface area contributed by atoms with Crippen LogP contribution < -0.4 is 0 Å². The molecule has 5 heteroatoms. The van der Waals surface area contributed by atoms with Gasteiger partial charge in [-0.15, -0.1) is 0 Å². The molecule has 0 N–H and O–H groups in total. The molecular weight excluding hydrogens is 322 g/mol. The molecule has 0 aromatic heterocycles. The van der Waals surface area contributed by atoms with Gasteiger partial charge in [-0.25, -0.2) is 0 Å². The van der Waals surface area contributed by atoms with E-state index in [1.54, 1.807) is 12.1 Å². The molecule has 0 amide bonds. The lowest BCUT2D eigenvalue weighted by molar-refractivity contribution is -0.385. The Morgan fingerprint density at radius 1 is 1.40 bits per heavy atom. The lowest BCUT2D eigenvalue weighted by atomic mass is 9.85. The number of hydrogen-bond acceptors (Lipinski definition) is 3. The summed E-state index contributed by atoms with van der Waals surface area (Å²) in [4.78, 5) is 10.5. The van der Waals surface area contributed by atoms with E-state index in [-0.39, 0.29) is 10.6 Å². The molecule has 1 aliphatic rings. The first-order valence-corrected chi connectivity index (χ1v) is 7.95. The first-order chi connectivity index (χ1) is 9.61. The molecule has 1 aromatic rings. The van der Waals surface area contributed by atoms with E-state index in [1.165, 1.54) is 19.3 Å². The Morgan fingerprint density at radius 3 is 2.85 bits per heavy atom. The number of nitrogens with zero attached hydrogens (tertiary/aromatic N) is 1. The molecule has 2 unspecified atom stereocenters. The van der Waals surface area contributed by atoms with E-state index in [0.29, 0.717) is 23.1 Å². The van der Waals surface area contributed by atoms with Gasteiger partial charge < -0.3 is 4.74 Å². The van der Waals surface area contributed by atoms with Gasteiger partial charge in [0.05, 0.1) is 22.1 Å². The maximum Gasteiger partial charge on any atom is 0.283 e. The zero-order valence-electron chi connectivity index (χ0n) is 11.7. The molecule has 1 aliphatic carbocycles. The van der Waals surface area contributed by atoms with Gasteiger partial charge in [-0.1, -0.05) is 32.3 Å². The van der Waals surface area contributed by atoms with E-state index < -0.39 is 0 Å². The van der Waals surface area contributed by atoms with Gasteiger partial charge in [-0.3, -0.25) is 10.1 Å². The summed E-state index contributed by atoms with van der Waals surface area (Å²) >= 11 is 3.20. The second-order valence-electron chi connectivity index (χ2n) is 5.35. The predicted molar refractivity (Wildman–Crippen MR) is 81.6 cm³/mol. The smallest absolute Gasteiger partial charge is 0.283 e. The summed E-state index contributed by atoms with van der Waals surface area (Å²) in [5, 5.41) is 10.9. The quantitative estimate of drug-likeness (QED) is 0.568. The average Bonchev–Trinajstić information content (AvgIpc) is 2.46. The van der Waals surface area contributed by atoms with Crippen molar-refractivity contribution in [1.29, 1.82) is 0 Å². The van der Waals surface area contributed by atoms with Crippen LogP contribution in [0.4, 0.5) is 5.69 Å². The third-order valence-corrected chi connectivity index (χ3v) is 4.71. The van der Waals surface area contributed by atoms with E-state index in [0.717, 1.165) is 18.4 Å². The van der Waals surface area contributed by atoms with Gasteiger partial charge in [0.25, 0.3) is 5.69 Å². The molecule has 4 nitrogen and oxygen atoms in total. The summed E-state index contributed by atoms with van der Waals surface area (Å²) < 4.78 is 6.52. The third-order valence-electron chi connectivity index (χ3n) is 4.04. The van der Waals surface area contributed by atoms with E-state index in [2.05, 4.69) is 22.9 Å². The topological polar surface area (TPSA) is 52.4 Å². The van der Waals surface area contributed by atoms with Crippen LogP contribution >= 0.6 is 15.9 Å². The van der Waals surface area contributed by atoms with Crippen LogP contribution in [0.1, 0.15) is 44.6 Å². The van der Waals surface area contributed by atoms with Crippen molar-refractivity contribution < 1.29 is 9.66 Å². The van der Waals surface area contributed by atoms with Gasteiger partial charge in [0.2, 0.25) is 0 Å². The summed E-state index contributed by atoms with van der Waals surface area (Å²) in [6.45, 7) is 2.66. The minimum absolute atomic E-state index is 0.0989. The van der Waals surface area contributed by atoms with Crippen LogP contribution in [0, 0.1) is 16.0 Å². The summed E-state index contributed by atoms with van der Waals surface area (Å²) in [5.74, 6) is 0.634. The highest BCUT2D eigenvalue weighted by molar-refractivity contribution is 9.10. The Balaban J connectivity index is 1.99. The molecule has 0 heterocycles. The van der Waals surface area contributed by atoms with Crippen LogP contribution in [0.5, 0.6) is 0 Å². The number of nitro benzene ring substituents is 1. The third kappa shape index (κ3) is 3.79. The number of hydrogen-bond donors (Lipinski definition) is 0. The highest BCUT2D eigenvalue weighted by Crippen LogP contribution is 2.31. The van der Waals surface area contributed by atoms with Crippen molar-refractivity contribution in [3.63, 3.8) is 0 Å². The van der Waals surface area contributed by atoms with Crippen LogP contribution in [-0.2, 0) is 11.3 Å². The molecule has 20 heavy (non-hydrogen) atoms. The minimum atomic E-state index is -0.372. The molecule has 0 aliphatic heterocycles. The zero-order chi connectivity index (χ0) is 14.5. The second-order valence-corrected chi connectivity index (χ2v) is 6.20. The van der Waals surface area contributed by atoms with Gasteiger partial charge in [-0.05, 0) is 46.3 Å². The molecule has 1 saturated carbocycles. The number of benzene rings is 1. The minimum Gasteiger partial charge on any atom is -0.373 e. The Labute approximate surface area is 127 Å². The summed E-state index contributed by atoms with van der Waals surface area (Å²) in [7, 11) is 0. The monoisotopic (exact) mass is 341 g/mol. The molecule has 0 radical (unpaired) electrons.